The van der Waals surface area contributed by atoms with E-state index in [1.54, 1.807) is 0 Å². The highest BCUT2D eigenvalue weighted by molar-refractivity contribution is 5.95. The summed E-state index contributed by atoms with van der Waals surface area (Å²) in [4.78, 5) is 10.4. The molecule has 0 aliphatic carbocycles. The Hall–Kier alpha value is -3.72. The lowest BCUT2D eigenvalue weighted by atomic mass is 10.0. The smallest absolute Gasteiger partial charge is 0.353 e. The molecule has 3 aromatic heterocycles. The number of aromatic amines is 1. The number of rotatable bonds is 6. The van der Waals surface area contributed by atoms with Gasteiger partial charge in [0.15, 0.2) is 0 Å². The molecule has 1 aromatic carbocycles. The van der Waals surface area contributed by atoms with Crippen LogP contribution in [0.5, 0.6) is 0 Å². The van der Waals surface area contributed by atoms with Gasteiger partial charge in [-0.05, 0) is 67.4 Å². The summed E-state index contributed by atoms with van der Waals surface area (Å²) in [5, 5.41) is 11.2. The van der Waals surface area contributed by atoms with Crippen LogP contribution in [0.15, 0.2) is 61.6 Å². The average Bonchev–Trinajstić information content (AvgIpc) is 3.48. The first-order chi connectivity index (χ1) is 16.4. The third-order valence-corrected chi connectivity index (χ3v) is 5.93. The number of halogens is 3. The van der Waals surface area contributed by atoms with Crippen LogP contribution in [-0.4, -0.2) is 38.2 Å². The Labute approximate surface area is 194 Å². The molecule has 0 atom stereocenters. The molecule has 0 unspecified atom stereocenters. The van der Waals surface area contributed by atoms with Crippen molar-refractivity contribution in [1.29, 1.82) is 0 Å². The van der Waals surface area contributed by atoms with Crippen molar-refractivity contribution >= 4 is 22.3 Å². The van der Waals surface area contributed by atoms with Crippen LogP contribution in [0.3, 0.4) is 0 Å². The van der Waals surface area contributed by atoms with E-state index in [2.05, 4.69) is 43.0 Å². The molecule has 0 amide bonds. The number of benzene rings is 1. The number of aromatic nitrogens is 4. The zero-order chi connectivity index (χ0) is 23.7. The van der Waals surface area contributed by atoms with Crippen LogP contribution in [0, 0.1) is 0 Å². The maximum Gasteiger partial charge on any atom is 0.433 e. The van der Waals surface area contributed by atoms with Crippen LogP contribution >= 0.6 is 0 Å². The summed E-state index contributed by atoms with van der Waals surface area (Å²) in [6, 6.07) is 10.4. The predicted molar refractivity (Wildman–Crippen MR) is 126 cm³/mol. The fraction of sp³-hybridized carbons (Fsp3) is 0.240. The predicted octanol–water partition coefficient (Wildman–Crippen LogP) is 5.72. The quantitative estimate of drug-likeness (QED) is 0.382. The standard InChI is InChI=1S/C25H23F3N6/c1-16(31-20-5-7-23(30-14-20)25(26,27)28)24-21-11-18(4-6-22(21)32-33-24)19-10-17(12-29-13-19)15-34-8-2-3-9-34/h4-7,10-14,31H,1-3,8-9,15H2,(H,32,33). The minimum atomic E-state index is -4.48. The van der Waals surface area contributed by atoms with E-state index in [0.717, 1.165) is 53.9 Å². The van der Waals surface area contributed by atoms with Gasteiger partial charge in [-0.2, -0.15) is 18.3 Å². The molecule has 1 aliphatic rings. The number of alkyl halides is 3. The number of hydrogen-bond acceptors (Lipinski definition) is 5. The Morgan fingerprint density at radius 3 is 2.59 bits per heavy atom. The molecule has 9 heteroatoms. The van der Waals surface area contributed by atoms with Crippen LogP contribution in [0.4, 0.5) is 18.9 Å². The van der Waals surface area contributed by atoms with Gasteiger partial charge in [0, 0.05) is 29.9 Å². The number of nitrogens with zero attached hydrogens (tertiary/aromatic N) is 4. The van der Waals surface area contributed by atoms with Gasteiger partial charge in [-0.3, -0.25) is 15.0 Å². The molecule has 0 spiro atoms. The molecule has 4 aromatic rings. The summed E-state index contributed by atoms with van der Waals surface area (Å²) in [5.41, 5.74) is 4.49. The zero-order valence-corrected chi connectivity index (χ0v) is 18.4. The van der Waals surface area contributed by atoms with Crippen LogP contribution < -0.4 is 5.32 Å². The van der Waals surface area contributed by atoms with E-state index < -0.39 is 11.9 Å². The Morgan fingerprint density at radius 1 is 1.03 bits per heavy atom. The van der Waals surface area contributed by atoms with Crippen molar-refractivity contribution in [2.75, 3.05) is 18.4 Å². The summed E-state index contributed by atoms with van der Waals surface area (Å²) in [6.07, 6.45) is 2.89. The molecule has 1 saturated heterocycles. The Morgan fingerprint density at radius 2 is 1.85 bits per heavy atom. The first-order valence-electron chi connectivity index (χ1n) is 11.0. The van der Waals surface area contributed by atoms with Gasteiger partial charge in [-0.25, -0.2) is 4.98 Å². The van der Waals surface area contributed by atoms with E-state index >= 15 is 0 Å². The lowest BCUT2D eigenvalue weighted by Gasteiger charge is -2.15. The van der Waals surface area contributed by atoms with Crippen LogP contribution in [0.2, 0.25) is 0 Å². The molecule has 34 heavy (non-hydrogen) atoms. The van der Waals surface area contributed by atoms with Crippen molar-refractivity contribution in [3.63, 3.8) is 0 Å². The van der Waals surface area contributed by atoms with E-state index in [9.17, 15) is 13.2 Å². The number of likely N-dealkylation sites (tertiary alicyclic amines) is 1. The second-order valence-corrected chi connectivity index (χ2v) is 8.43. The third-order valence-electron chi connectivity index (χ3n) is 5.93. The number of pyridine rings is 2. The summed E-state index contributed by atoms with van der Waals surface area (Å²) in [5.74, 6) is 0. The van der Waals surface area contributed by atoms with E-state index in [0.29, 0.717) is 17.1 Å². The number of fused-ring (bicyclic) bond motifs is 1. The second-order valence-electron chi connectivity index (χ2n) is 8.43. The SMILES string of the molecule is C=C(Nc1ccc(C(F)(F)F)nc1)c1n[nH]c2ccc(-c3cncc(CN4CCCC4)c3)cc12. The first-order valence-corrected chi connectivity index (χ1v) is 11.0. The summed E-state index contributed by atoms with van der Waals surface area (Å²) >= 11 is 0. The highest BCUT2D eigenvalue weighted by atomic mass is 19.4. The molecule has 0 radical (unpaired) electrons. The number of hydrogen-bond donors (Lipinski definition) is 2. The van der Waals surface area contributed by atoms with E-state index in [1.807, 2.05) is 30.6 Å². The van der Waals surface area contributed by atoms with Crippen molar-refractivity contribution in [1.82, 2.24) is 25.1 Å². The molecule has 4 heterocycles. The monoisotopic (exact) mass is 464 g/mol. The highest BCUT2D eigenvalue weighted by Gasteiger charge is 2.32. The van der Waals surface area contributed by atoms with Gasteiger partial charge >= 0.3 is 6.18 Å². The minimum absolute atomic E-state index is 0.393. The number of nitrogens with one attached hydrogen (secondary N) is 2. The fourth-order valence-corrected chi connectivity index (χ4v) is 4.22. The van der Waals surface area contributed by atoms with E-state index in [4.69, 9.17) is 0 Å². The van der Waals surface area contributed by atoms with Crippen molar-refractivity contribution < 1.29 is 13.2 Å². The molecule has 6 nitrogen and oxygen atoms in total. The Balaban J connectivity index is 1.38. The molecule has 1 fully saturated rings. The maximum absolute atomic E-state index is 12.8. The fourth-order valence-electron chi connectivity index (χ4n) is 4.22. The summed E-state index contributed by atoms with van der Waals surface area (Å²) in [7, 11) is 0. The van der Waals surface area contributed by atoms with Gasteiger partial charge in [0.25, 0.3) is 0 Å². The lowest BCUT2D eigenvalue weighted by molar-refractivity contribution is -0.141. The van der Waals surface area contributed by atoms with E-state index in [-0.39, 0.29) is 0 Å². The Bertz CT molecular complexity index is 1320. The third kappa shape index (κ3) is 4.65. The molecule has 174 valence electrons. The van der Waals surface area contributed by atoms with Gasteiger partial charge in [0.05, 0.1) is 23.1 Å². The average molecular weight is 464 g/mol. The largest absolute Gasteiger partial charge is 0.433 e. The first kappa shape index (κ1) is 22.1. The Kier molecular flexibility index (Phi) is 5.79. The summed E-state index contributed by atoms with van der Waals surface area (Å²) < 4.78 is 38.3. The molecule has 2 N–H and O–H groups in total. The van der Waals surface area contributed by atoms with Crippen LogP contribution in [0.25, 0.3) is 27.7 Å². The van der Waals surface area contributed by atoms with Crippen molar-refractivity contribution in [3.8, 4) is 11.1 Å². The number of anilines is 1. The maximum atomic E-state index is 12.8. The molecule has 0 saturated carbocycles. The zero-order valence-electron chi connectivity index (χ0n) is 18.4. The van der Waals surface area contributed by atoms with E-state index in [1.165, 1.54) is 24.5 Å². The van der Waals surface area contributed by atoms with Gasteiger partial charge < -0.3 is 5.32 Å². The van der Waals surface area contributed by atoms with Crippen molar-refractivity contribution in [3.05, 3.63) is 78.5 Å². The molecular formula is C25H23F3N6. The van der Waals surface area contributed by atoms with Gasteiger partial charge in [0.2, 0.25) is 0 Å². The molecular weight excluding hydrogens is 441 g/mol. The van der Waals surface area contributed by atoms with Crippen molar-refractivity contribution in [2.45, 2.75) is 25.6 Å². The normalized spacial score (nSPS) is 14.6. The highest BCUT2D eigenvalue weighted by Crippen LogP contribution is 2.30. The minimum Gasteiger partial charge on any atom is -0.353 e. The lowest BCUT2D eigenvalue weighted by Crippen LogP contribution is -2.18. The van der Waals surface area contributed by atoms with Gasteiger partial charge in [0.1, 0.15) is 11.4 Å². The van der Waals surface area contributed by atoms with Crippen LogP contribution in [0.1, 0.15) is 29.8 Å². The van der Waals surface area contributed by atoms with Crippen LogP contribution in [-0.2, 0) is 12.7 Å². The topological polar surface area (TPSA) is 69.7 Å². The summed E-state index contributed by atoms with van der Waals surface area (Å²) in [6.45, 7) is 7.16. The molecule has 0 bridgehead atoms. The molecule has 5 rings (SSSR count). The second kappa shape index (κ2) is 8.90. The molecule has 1 aliphatic heterocycles. The van der Waals surface area contributed by atoms with Gasteiger partial charge in [-0.15, -0.1) is 0 Å². The van der Waals surface area contributed by atoms with Gasteiger partial charge in [-0.1, -0.05) is 12.6 Å². The number of H-pyrrole nitrogens is 1. The van der Waals surface area contributed by atoms with Crippen molar-refractivity contribution in [2.24, 2.45) is 0 Å².